The molecule has 2 fully saturated rings. The van der Waals surface area contributed by atoms with E-state index in [0.29, 0.717) is 0 Å². The van der Waals surface area contributed by atoms with Crippen LogP contribution in [0, 0.1) is 63.5 Å². The van der Waals surface area contributed by atoms with E-state index >= 15 is 0 Å². The molecule has 0 unspecified atom stereocenters. The van der Waals surface area contributed by atoms with Gasteiger partial charge >= 0.3 is 17.1 Å². The maximum Gasteiger partial charge on any atom is 2.00 e. The molecule has 2 aromatic heterocycles. The molecule has 4 rings (SSSR count). The molecule has 0 atom stereocenters. The van der Waals surface area contributed by atoms with E-state index in [9.17, 15) is 0 Å². The van der Waals surface area contributed by atoms with Crippen LogP contribution in [-0.4, -0.2) is 19.6 Å². The molecule has 0 N–H and O–H groups in total. The fourth-order valence-electron chi connectivity index (χ4n) is 1.88. The van der Waals surface area contributed by atoms with Crippen molar-refractivity contribution in [1.82, 2.24) is 19.6 Å². The van der Waals surface area contributed by atoms with Crippen molar-refractivity contribution in [2.24, 2.45) is 0 Å². The Morgan fingerprint density at radius 1 is 0.619 bits per heavy atom. The molecule has 4 nitrogen and oxygen atoms in total. The summed E-state index contributed by atoms with van der Waals surface area (Å²) in [6, 6.07) is 6.05. The number of nitrogens with zero attached hydrogens (tertiary/aromatic N) is 4. The van der Waals surface area contributed by atoms with Crippen molar-refractivity contribution in [2.45, 2.75) is 0 Å². The SMILES string of the molecule is [CH]1[CH][CH][C](n2cccn2)[CH]1.[CH]1[CH][CH][C](n2cccn2)[CH]1.[Fe+2]. The van der Waals surface area contributed by atoms with Crippen molar-refractivity contribution in [2.75, 3.05) is 0 Å². The minimum absolute atomic E-state index is 0. The van der Waals surface area contributed by atoms with E-state index in [1.807, 2.05) is 85.3 Å². The minimum Gasteiger partial charge on any atom is -0.264 e. The van der Waals surface area contributed by atoms with Gasteiger partial charge in [0.1, 0.15) is 0 Å². The maximum absolute atomic E-state index is 4.08. The monoisotopic (exact) mass is 318 g/mol. The van der Waals surface area contributed by atoms with Crippen LogP contribution in [0.5, 0.6) is 0 Å². The Bertz CT molecular complexity index is 422. The van der Waals surface area contributed by atoms with Crippen LogP contribution in [-0.2, 0) is 17.1 Å². The van der Waals surface area contributed by atoms with Gasteiger partial charge in [0.25, 0.3) is 0 Å². The van der Waals surface area contributed by atoms with E-state index < -0.39 is 0 Å². The van der Waals surface area contributed by atoms with Crippen LogP contribution in [0.1, 0.15) is 0 Å². The molecule has 2 aliphatic carbocycles. The summed E-state index contributed by atoms with van der Waals surface area (Å²) in [5.41, 5.74) is 0. The van der Waals surface area contributed by atoms with Crippen LogP contribution in [0.15, 0.2) is 36.9 Å². The molecule has 0 bridgehead atoms. The summed E-state index contributed by atoms with van der Waals surface area (Å²) in [6.07, 6.45) is 23.5. The van der Waals surface area contributed by atoms with E-state index in [1.54, 1.807) is 12.4 Å². The first-order chi connectivity index (χ1) is 9.93. The zero-order valence-corrected chi connectivity index (χ0v) is 12.3. The Kier molecular flexibility index (Phi) is 6.52. The van der Waals surface area contributed by atoms with Gasteiger partial charge in [-0.15, -0.1) is 0 Å². The second-order valence-corrected chi connectivity index (χ2v) is 4.19. The molecule has 2 aromatic rings. The second-order valence-electron chi connectivity index (χ2n) is 4.19. The van der Waals surface area contributed by atoms with Gasteiger partial charge in [-0.1, -0.05) is 0 Å². The molecule has 2 saturated carbocycles. The molecule has 104 valence electrons. The van der Waals surface area contributed by atoms with Crippen LogP contribution in [0.4, 0.5) is 0 Å². The normalized spacial score (nSPS) is 19.0. The van der Waals surface area contributed by atoms with Gasteiger partial charge in [0, 0.05) is 24.8 Å². The number of hydrogen-bond acceptors (Lipinski definition) is 2. The fraction of sp³-hybridized carbons (Fsp3) is 0. The minimum atomic E-state index is 0. The topological polar surface area (TPSA) is 35.6 Å². The van der Waals surface area contributed by atoms with Crippen LogP contribution in [0.3, 0.4) is 0 Å². The van der Waals surface area contributed by atoms with Gasteiger partial charge in [-0.05, 0) is 63.5 Å². The third-order valence-electron chi connectivity index (χ3n) is 2.83. The van der Waals surface area contributed by atoms with Crippen LogP contribution in [0.2, 0.25) is 0 Å². The van der Waals surface area contributed by atoms with Gasteiger partial charge < -0.3 is 0 Å². The van der Waals surface area contributed by atoms with Crippen LogP contribution >= 0.6 is 0 Å². The predicted octanol–water partition coefficient (Wildman–Crippen LogP) is 2.19. The van der Waals surface area contributed by atoms with E-state index in [0.717, 1.165) is 12.1 Å². The summed E-state index contributed by atoms with van der Waals surface area (Å²) in [6.45, 7) is 0. The van der Waals surface area contributed by atoms with Crippen molar-refractivity contribution < 1.29 is 17.1 Å². The number of hydrogen-bond donors (Lipinski definition) is 0. The second kappa shape index (κ2) is 8.40. The molecule has 21 heavy (non-hydrogen) atoms. The standard InChI is InChI=1S/2C8H7N2.Fe/c2*1-2-5-8(4-1)10-7-3-6-9-10;/h2*1-7H;/q;;+2. The first kappa shape index (κ1) is 16.3. The van der Waals surface area contributed by atoms with Crippen molar-refractivity contribution in [3.05, 3.63) is 100 Å². The summed E-state index contributed by atoms with van der Waals surface area (Å²) in [4.78, 5) is 0. The third-order valence-corrected chi connectivity index (χ3v) is 2.83. The van der Waals surface area contributed by atoms with E-state index in [1.165, 1.54) is 0 Å². The third kappa shape index (κ3) is 4.45. The molecule has 0 aromatic carbocycles. The quantitative estimate of drug-likeness (QED) is 0.796. The summed E-state index contributed by atoms with van der Waals surface area (Å²) < 4.78 is 3.67. The van der Waals surface area contributed by atoms with Gasteiger partial charge in [-0.2, -0.15) is 10.2 Å². The van der Waals surface area contributed by atoms with E-state index in [-0.39, 0.29) is 17.1 Å². The molecule has 2 heterocycles. The van der Waals surface area contributed by atoms with E-state index in [2.05, 4.69) is 10.2 Å². The van der Waals surface area contributed by atoms with E-state index in [4.69, 9.17) is 0 Å². The zero-order chi connectivity index (χ0) is 13.6. The molecule has 10 radical (unpaired) electrons. The Balaban J connectivity index is 0.000000147. The van der Waals surface area contributed by atoms with Gasteiger partial charge in [0.15, 0.2) is 0 Å². The fourth-order valence-corrected chi connectivity index (χ4v) is 1.88. The Morgan fingerprint density at radius 2 is 1.00 bits per heavy atom. The molecular formula is C16H14FeN4+2. The van der Waals surface area contributed by atoms with Crippen molar-refractivity contribution in [1.29, 1.82) is 0 Å². The average Bonchev–Trinajstić information content (AvgIpc) is 3.29. The summed E-state index contributed by atoms with van der Waals surface area (Å²) >= 11 is 0. The maximum atomic E-state index is 4.08. The average molecular weight is 318 g/mol. The molecule has 2 aliphatic rings. The van der Waals surface area contributed by atoms with Gasteiger partial charge in [0.2, 0.25) is 0 Å². The van der Waals surface area contributed by atoms with Crippen LogP contribution in [0.25, 0.3) is 0 Å². The zero-order valence-electron chi connectivity index (χ0n) is 11.2. The Hall–Kier alpha value is -1.06. The van der Waals surface area contributed by atoms with Crippen molar-refractivity contribution >= 4 is 0 Å². The van der Waals surface area contributed by atoms with Gasteiger partial charge in [-0.3, -0.25) is 9.36 Å². The van der Waals surface area contributed by atoms with Crippen LogP contribution < -0.4 is 0 Å². The number of aromatic nitrogens is 4. The molecule has 0 spiro atoms. The molecular weight excluding hydrogens is 304 g/mol. The molecule has 0 amide bonds. The summed E-state index contributed by atoms with van der Waals surface area (Å²) in [7, 11) is 0. The largest absolute Gasteiger partial charge is 2.00 e. The van der Waals surface area contributed by atoms with Crippen molar-refractivity contribution in [3.8, 4) is 0 Å². The Labute approximate surface area is 137 Å². The smallest absolute Gasteiger partial charge is 0.264 e. The Morgan fingerprint density at radius 3 is 1.29 bits per heavy atom. The summed E-state index contributed by atoms with van der Waals surface area (Å²) in [5, 5.41) is 8.15. The molecule has 0 aliphatic heterocycles. The first-order valence-electron chi connectivity index (χ1n) is 6.37. The predicted molar refractivity (Wildman–Crippen MR) is 76.1 cm³/mol. The molecule has 5 heteroatoms. The number of rotatable bonds is 2. The first-order valence-corrected chi connectivity index (χ1v) is 6.37. The summed E-state index contributed by atoms with van der Waals surface area (Å²) in [5.74, 6) is 0. The van der Waals surface area contributed by atoms with Gasteiger partial charge in [-0.25, -0.2) is 0 Å². The van der Waals surface area contributed by atoms with Gasteiger partial charge in [0.05, 0.1) is 12.1 Å². The van der Waals surface area contributed by atoms with Crippen molar-refractivity contribution in [3.63, 3.8) is 0 Å². The molecule has 0 saturated heterocycles.